The number of aliphatic hydroxyl groups is 1. The summed E-state index contributed by atoms with van der Waals surface area (Å²) in [6.45, 7) is 2.02. The van der Waals surface area contributed by atoms with Gasteiger partial charge in [-0.2, -0.15) is 0 Å². The lowest BCUT2D eigenvalue weighted by atomic mass is 9.96. The highest BCUT2D eigenvalue weighted by atomic mass is 16.3. The Kier molecular flexibility index (Phi) is 3.85. The fourth-order valence-corrected chi connectivity index (χ4v) is 2.56. The van der Waals surface area contributed by atoms with Crippen molar-refractivity contribution < 1.29 is 5.11 Å². The van der Waals surface area contributed by atoms with Crippen molar-refractivity contribution in [1.82, 2.24) is 0 Å². The lowest BCUT2D eigenvalue weighted by Gasteiger charge is -2.14. The minimum Gasteiger partial charge on any atom is -0.384 e. The fraction of sp³-hybridized carbons (Fsp3) is 0.100. The standard InChI is InChI=1S/C20H18O/c1-15-7-5-6-10-19(15)20(21)18-13-11-17(12-14-18)16-8-3-2-4-9-16/h2-14,20-21H,1H3/t20-/m0/s1. The number of hydrogen-bond acceptors (Lipinski definition) is 1. The first kappa shape index (κ1) is 13.6. The summed E-state index contributed by atoms with van der Waals surface area (Å²) in [7, 11) is 0. The first-order chi connectivity index (χ1) is 10.3. The van der Waals surface area contributed by atoms with Gasteiger partial charge in [-0.25, -0.2) is 0 Å². The molecule has 3 aromatic carbocycles. The zero-order valence-corrected chi connectivity index (χ0v) is 12.0. The van der Waals surface area contributed by atoms with Crippen LogP contribution in [0.25, 0.3) is 11.1 Å². The average molecular weight is 274 g/mol. The highest BCUT2D eigenvalue weighted by molar-refractivity contribution is 5.63. The van der Waals surface area contributed by atoms with E-state index >= 15 is 0 Å². The summed E-state index contributed by atoms with van der Waals surface area (Å²) in [6, 6.07) is 26.3. The van der Waals surface area contributed by atoms with Crippen LogP contribution >= 0.6 is 0 Å². The molecule has 1 heteroatoms. The summed E-state index contributed by atoms with van der Waals surface area (Å²) in [5.41, 5.74) is 5.34. The van der Waals surface area contributed by atoms with Crippen molar-refractivity contribution in [2.45, 2.75) is 13.0 Å². The van der Waals surface area contributed by atoms with Crippen molar-refractivity contribution in [3.63, 3.8) is 0 Å². The van der Waals surface area contributed by atoms with E-state index in [-0.39, 0.29) is 0 Å². The Morgan fingerprint density at radius 3 is 1.90 bits per heavy atom. The van der Waals surface area contributed by atoms with Crippen molar-refractivity contribution >= 4 is 0 Å². The lowest BCUT2D eigenvalue weighted by Crippen LogP contribution is -2.01. The lowest BCUT2D eigenvalue weighted by molar-refractivity contribution is 0.219. The second-order valence-electron chi connectivity index (χ2n) is 5.25. The molecule has 0 fully saturated rings. The van der Waals surface area contributed by atoms with Gasteiger partial charge in [0, 0.05) is 0 Å². The Morgan fingerprint density at radius 2 is 1.24 bits per heavy atom. The molecule has 3 rings (SSSR count). The zero-order valence-electron chi connectivity index (χ0n) is 12.0. The summed E-state index contributed by atoms with van der Waals surface area (Å²) in [5, 5.41) is 10.5. The van der Waals surface area contributed by atoms with E-state index in [2.05, 4.69) is 24.3 Å². The molecule has 104 valence electrons. The minimum atomic E-state index is -0.573. The van der Waals surface area contributed by atoms with E-state index in [9.17, 15) is 5.11 Å². The molecule has 1 nitrogen and oxygen atoms in total. The molecule has 0 aromatic heterocycles. The zero-order chi connectivity index (χ0) is 14.7. The van der Waals surface area contributed by atoms with E-state index in [1.54, 1.807) is 0 Å². The smallest absolute Gasteiger partial charge is 0.104 e. The van der Waals surface area contributed by atoms with Crippen LogP contribution in [0, 0.1) is 6.92 Å². The topological polar surface area (TPSA) is 20.2 Å². The number of rotatable bonds is 3. The molecule has 0 saturated carbocycles. The maximum atomic E-state index is 10.5. The van der Waals surface area contributed by atoms with Gasteiger partial charge in [0.05, 0.1) is 0 Å². The molecule has 0 heterocycles. The third-order valence-corrected chi connectivity index (χ3v) is 3.82. The van der Waals surface area contributed by atoms with Crippen LogP contribution in [-0.4, -0.2) is 5.11 Å². The maximum Gasteiger partial charge on any atom is 0.104 e. The quantitative estimate of drug-likeness (QED) is 0.731. The third kappa shape index (κ3) is 2.88. The Morgan fingerprint density at radius 1 is 0.667 bits per heavy atom. The number of benzene rings is 3. The van der Waals surface area contributed by atoms with Crippen LogP contribution in [0.3, 0.4) is 0 Å². The van der Waals surface area contributed by atoms with E-state index < -0.39 is 6.10 Å². The normalized spacial score (nSPS) is 12.1. The Bertz CT molecular complexity index is 714. The summed E-state index contributed by atoms with van der Waals surface area (Å²) < 4.78 is 0. The maximum absolute atomic E-state index is 10.5. The summed E-state index contributed by atoms with van der Waals surface area (Å²) in [4.78, 5) is 0. The largest absolute Gasteiger partial charge is 0.384 e. The predicted octanol–water partition coefficient (Wildman–Crippen LogP) is 4.74. The van der Waals surface area contributed by atoms with Crippen LogP contribution in [-0.2, 0) is 0 Å². The van der Waals surface area contributed by atoms with Crippen LogP contribution < -0.4 is 0 Å². The van der Waals surface area contributed by atoms with Gasteiger partial charge in [0.1, 0.15) is 6.10 Å². The monoisotopic (exact) mass is 274 g/mol. The van der Waals surface area contributed by atoms with E-state index in [4.69, 9.17) is 0 Å². The number of hydrogen-bond donors (Lipinski definition) is 1. The van der Waals surface area contributed by atoms with E-state index in [1.807, 2.05) is 61.5 Å². The summed E-state index contributed by atoms with van der Waals surface area (Å²) in [6.07, 6.45) is -0.573. The van der Waals surface area contributed by atoms with Crippen LogP contribution in [0.2, 0.25) is 0 Å². The van der Waals surface area contributed by atoms with Crippen LogP contribution in [0.4, 0.5) is 0 Å². The molecule has 0 aliphatic rings. The summed E-state index contributed by atoms with van der Waals surface area (Å²) >= 11 is 0. The Balaban J connectivity index is 1.89. The SMILES string of the molecule is Cc1ccccc1[C@@H](O)c1ccc(-c2ccccc2)cc1. The molecule has 0 bridgehead atoms. The van der Waals surface area contributed by atoms with Crippen molar-refractivity contribution in [3.8, 4) is 11.1 Å². The Hall–Kier alpha value is -2.38. The Labute approximate surface area is 125 Å². The molecule has 1 atom stereocenters. The molecule has 0 aliphatic carbocycles. The van der Waals surface area contributed by atoms with Gasteiger partial charge in [-0.3, -0.25) is 0 Å². The van der Waals surface area contributed by atoms with Crippen LogP contribution in [0.5, 0.6) is 0 Å². The van der Waals surface area contributed by atoms with Gasteiger partial charge >= 0.3 is 0 Å². The van der Waals surface area contributed by atoms with Crippen molar-refractivity contribution in [2.24, 2.45) is 0 Å². The van der Waals surface area contributed by atoms with E-state index in [1.165, 1.54) is 5.56 Å². The van der Waals surface area contributed by atoms with E-state index in [0.29, 0.717) is 0 Å². The summed E-state index contributed by atoms with van der Waals surface area (Å²) in [5.74, 6) is 0. The van der Waals surface area contributed by atoms with Gasteiger partial charge in [0.15, 0.2) is 0 Å². The first-order valence-corrected chi connectivity index (χ1v) is 7.14. The van der Waals surface area contributed by atoms with Gasteiger partial charge in [-0.05, 0) is 34.7 Å². The van der Waals surface area contributed by atoms with Crippen LogP contribution in [0.15, 0.2) is 78.9 Å². The highest BCUT2D eigenvalue weighted by Gasteiger charge is 2.12. The number of aryl methyl sites for hydroxylation is 1. The average Bonchev–Trinajstić information content (AvgIpc) is 2.56. The van der Waals surface area contributed by atoms with Crippen molar-refractivity contribution in [2.75, 3.05) is 0 Å². The molecule has 0 aliphatic heterocycles. The van der Waals surface area contributed by atoms with Gasteiger partial charge in [-0.1, -0.05) is 78.9 Å². The highest BCUT2D eigenvalue weighted by Crippen LogP contribution is 2.27. The molecule has 0 spiro atoms. The van der Waals surface area contributed by atoms with Crippen LogP contribution in [0.1, 0.15) is 22.8 Å². The second-order valence-corrected chi connectivity index (χ2v) is 5.25. The van der Waals surface area contributed by atoms with Gasteiger partial charge in [0.25, 0.3) is 0 Å². The molecular weight excluding hydrogens is 256 g/mol. The second kappa shape index (κ2) is 5.94. The van der Waals surface area contributed by atoms with Crippen molar-refractivity contribution in [3.05, 3.63) is 95.6 Å². The van der Waals surface area contributed by atoms with Gasteiger partial charge < -0.3 is 5.11 Å². The van der Waals surface area contributed by atoms with Crippen molar-refractivity contribution in [1.29, 1.82) is 0 Å². The van der Waals surface area contributed by atoms with Gasteiger partial charge in [-0.15, -0.1) is 0 Å². The predicted molar refractivity (Wildman–Crippen MR) is 87.1 cm³/mol. The molecule has 1 N–H and O–H groups in total. The third-order valence-electron chi connectivity index (χ3n) is 3.82. The molecule has 3 aromatic rings. The van der Waals surface area contributed by atoms with Gasteiger partial charge in [0.2, 0.25) is 0 Å². The molecule has 0 saturated heterocycles. The fourth-order valence-electron chi connectivity index (χ4n) is 2.56. The minimum absolute atomic E-state index is 0.573. The molecule has 21 heavy (non-hydrogen) atoms. The molecule has 0 amide bonds. The molecule has 0 radical (unpaired) electrons. The van der Waals surface area contributed by atoms with E-state index in [0.717, 1.165) is 22.3 Å². The molecule has 0 unspecified atom stereocenters. The molecular formula is C20H18O. The number of aliphatic hydroxyl groups excluding tert-OH is 1. The first-order valence-electron chi connectivity index (χ1n) is 7.14.